The lowest BCUT2D eigenvalue weighted by atomic mass is 9.84. The van der Waals surface area contributed by atoms with Crippen molar-refractivity contribution in [1.29, 1.82) is 0 Å². The van der Waals surface area contributed by atoms with Gasteiger partial charge in [-0.2, -0.15) is 0 Å². The molecule has 2 aromatic rings. The summed E-state index contributed by atoms with van der Waals surface area (Å²) < 4.78 is 5.65. The summed E-state index contributed by atoms with van der Waals surface area (Å²) in [4.78, 5) is 38.0. The highest BCUT2D eigenvalue weighted by Gasteiger charge is 2.32. The molecule has 1 unspecified atom stereocenters. The lowest BCUT2D eigenvalue weighted by Crippen LogP contribution is -2.44. The zero-order chi connectivity index (χ0) is 24.2. The van der Waals surface area contributed by atoms with Gasteiger partial charge in [-0.25, -0.2) is 4.79 Å². The van der Waals surface area contributed by atoms with Crippen LogP contribution in [0.1, 0.15) is 49.7 Å². The van der Waals surface area contributed by atoms with E-state index in [0.717, 1.165) is 19.3 Å². The Hall–Kier alpha value is -3.35. The van der Waals surface area contributed by atoms with Crippen LogP contribution >= 0.6 is 0 Å². The third-order valence-electron chi connectivity index (χ3n) is 7.03. The quantitative estimate of drug-likeness (QED) is 0.638. The van der Waals surface area contributed by atoms with Gasteiger partial charge in [-0.3, -0.25) is 9.59 Å². The van der Waals surface area contributed by atoms with Gasteiger partial charge in [0.25, 0.3) is 0 Å². The number of hydrogen-bond acceptors (Lipinski definition) is 4. The van der Waals surface area contributed by atoms with Crippen LogP contribution in [-0.4, -0.2) is 54.2 Å². The molecule has 1 fully saturated rings. The van der Waals surface area contributed by atoms with Crippen LogP contribution in [0.25, 0.3) is 11.1 Å². The molecule has 2 N–H and O–H groups in total. The number of amides is 2. The van der Waals surface area contributed by atoms with Crippen molar-refractivity contribution < 1.29 is 24.2 Å². The second-order valence-corrected chi connectivity index (χ2v) is 9.49. The molecule has 7 heteroatoms. The summed E-state index contributed by atoms with van der Waals surface area (Å²) in [5.41, 5.74) is 4.70. The van der Waals surface area contributed by atoms with Gasteiger partial charge in [0.1, 0.15) is 6.61 Å². The molecule has 1 saturated carbocycles. The largest absolute Gasteiger partial charge is 0.481 e. The van der Waals surface area contributed by atoms with E-state index in [0.29, 0.717) is 6.42 Å². The van der Waals surface area contributed by atoms with Crippen LogP contribution in [0.5, 0.6) is 0 Å². The van der Waals surface area contributed by atoms with E-state index in [4.69, 9.17) is 9.84 Å². The molecule has 0 bridgehead atoms. The number of carboxylic acids is 1. The lowest BCUT2D eigenvalue weighted by Gasteiger charge is -2.32. The van der Waals surface area contributed by atoms with Gasteiger partial charge in [0.15, 0.2) is 0 Å². The molecule has 2 aromatic carbocycles. The highest BCUT2D eigenvalue weighted by Crippen LogP contribution is 2.44. The number of fused-ring (bicyclic) bond motifs is 3. The molecule has 7 nitrogen and oxygen atoms in total. The van der Waals surface area contributed by atoms with Crippen molar-refractivity contribution in [2.45, 2.75) is 44.6 Å². The van der Waals surface area contributed by atoms with Crippen LogP contribution in [0.2, 0.25) is 0 Å². The molecular weight excluding hydrogens is 432 g/mol. The Morgan fingerprint density at radius 3 is 2.29 bits per heavy atom. The van der Waals surface area contributed by atoms with Crippen molar-refractivity contribution in [1.82, 2.24) is 10.2 Å². The molecule has 0 heterocycles. The van der Waals surface area contributed by atoms with Gasteiger partial charge in [-0.05, 0) is 41.5 Å². The van der Waals surface area contributed by atoms with E-state index in [1.165, 1.54) is 27.2 Å². The lowest BCUT2D eigenvalue weighted by molar-refractivity contribution is -0.143. The zero-order valence-corrected chi connectivity index (χ0v) is 19.7. The average Bonchev–Trinajstić information content (AvgIpc) is 3.16. The molecule has 0 spiro atoms. The number of carbonyl (C=O) groups is 3. The fourth-order valence-electron chi connectivity index (χ4n) is 5.24. The van der Waals surface area contributed by atoms with Crippen molar-refractivity contribution in [3.05, 3.63) is 59.7 Å². The minimum absolute atomic E-state index is 0.00343. The second-order valence-electron chi connectivity index (χ2n) is 9.49. The van der Waals surface area contributed by atoms with Gasteiger partial charge < -0.3 is 20.1 Å². The van der Waals surface area contributed by atoms with Crippen LogP contribution < -0.4 is 5.32 Å². The Morgan fingerprint density at radius 1 is 1.06 bits per heavy atom. The van der Waals surface area contributed by atoms with Gasteiger partial charge in [-0.1, -0.05) is 61.9 Å². The van der Waals surface area contributed by atoms with E-state index in [9.17, 15) is 14.4 Å². The molecule has 180 valence electrons. The SMILES string of the molecule is CC(CN(C)C(=O)[C@@H]1CCC[C@@H](NC(=O)OCC2c3ccccc3-c3ccccc32)C1)C(=O)O. The number of hydrogen-bond donors (Lipinski definition) is 2. The van der Waals surface area contributed by atoms with Gasteiger partial charge in [0, 0.05) is 31.5 Å². The van der Waals surface area contributed by atoms with Gasteiger partial charge in [0.05, 0.1) is 5.92 Å². The molecule has 0 saturated heterocycles. The third kappa shape index (κ3) is 5.08. The first-order chi connectivity index (χ1) is 16.3. The summed E-state index contributed by atoms with van der Waals surface area (Å²) in [6, 6.07) is 16.3. The fourth-order valence-corrected chi connectivity index (χ4v) is 5.24. The Kier molecular flexibility index (Phi) is 7.20. The minimum Gasteiger partial charge on any atom is -0.481 e. The maximum Gasteiger partial charge on any atom is 0.407 e. The number of benzene rings is 2. The van der Waals surface area contributed by atoms with Crippen LogP contribution in [0.3, 0.4) is 0 Å². The standard InChI is InChI=1S/C27H32N2O5/c1-17(26(31)32)15-29(2)25(30)18-8-7-9-19(14-18)28-27(33)34-16-24-22-12-5-3-10-20(22)21-11-4-6-13-23(21)24/h3-6,10-13,17-19,24H,7-9,14-16H2,1-2H3,(H,28,33)(H,31,32)/t17?,18-,19-/m1/s1. The summed E-state index contributed by atoms with van der Waals surface area (Å²) in [5, 5.41) is 12.0. The topological polar surface area (TPSA) is 95.9 Å². The first kappa shape index (κ1) is 23.8. The third-order valence-corrected chi connectivity index (χ3v) is 7.03. The molecule has 0 radical (unpaired) electrons. The van der Waals surface area contributed by atoms with Crippen molar-refractivity contribution in [3.8, 4) is 11.1 Å². The van der Waals surface area contributed by atoms with Gasteiger partial charge >= 0.3 is 12.1 Å². The number of alkyl carbamates (subject to hydrolysis) is 1. The molecule has 2 amide bonds. The zero-order valence-electron chi connectivity index (χ0n) is 19.7. The number of carbonyl (C=O) groups excluding carboxylic acids is 2. The molecule has 0 aliphatic heterocycles. The number of carboxylic acid groups (broad SMARTS) is 1. The fraction of sp³-hybridized carbons (Fsp3) is 0.444. The minimum atomic E-state index is -0.918. The van der Waals surface area contributed by atoms with E-state index in [1.54, 1.807) is 14.0 Å². The number of nitrogens with one attached hydrogen (secondary N) is 1. The summed E-state index contributed by atoms with van der Waals surface area (Å²) in [6.45, 7) is 2.02. The number of nitrogens with zero attached hydrogens (tertiary/aromatic N) is 1. The van der Waals surface area contributed by atoms with Gasteiger partial charge in [0.2, 0.25) is 5.91 Å². The Labute approximate surface area is 200 Å². The molecule has 2 aliphatic carbocycles. The number of aliphatic carboxylic acids is 1. The molecule has 0 aromatic heterocycles. The van der Waals surface area contributed by atoms with E-state index < -0.39 is 18.0 Å². The van der Waals surface area contributed by atoms with Crippen molar-refractivity contribution >= 4 is 18.0 Å². The van der Waals surface area contributed by atoms with Crippen LogP contribution in [0.4, 0.5) is 4.79 Å². The summed E-state index contributed by atoms with van der Waals surface area (Å²) in [5.74, 6) is -1.82. The highest BCUT2D eigenvalue weighted by molar-refractivity contribution is 5.80. The monoisotopic (exact) mass is 464 g/mol. The smallest absolute Gasteiger partial charge is 0.407 e. The first-order valence-electron chi connectivity index (χ1n) is 11.9. The Morgan fingerprint density at radius 2 is 1.68 bits per heavy atom. The van der Waals surface area contributed by atoms with E-state index >= 15 is 0 Å². The molecule has 34 heavy (non-hydrogen) atoms. The predicted molar refractivity (Wildman–Crippen MR) is 128 cm³/mol. The van der Waals surface area contributed by atoms with Crippen molar-refractivity contribution in [2.75, 3.05) is 20.2 Å². The van der Waals surface area contributed by atoms with Gasteiger partial charge in [-0.15, -0.1) is 0 Å². The normalized spacial score (nSPS) is 20.1. The second kappa shape index (κ2) is 10.3. The maximum absolute atomic E-state index is 12.8. The van der Waals surface area contributed by atoms with Crippen LogP contribution in [-0.2, 0) is 14.3 Å². The molecule has 2 aliphatic rings. The first-order valence-corrected chi connectivity index (χ1v) is 11.9. The molecule has 4 rings (SSSR count). The number of ether oxygens (including phenoxy) is 1. The number of rotatable bonds is 7. The summed E-state index contributed by atoms with van der Waals surface area (Å²) >= 11 is 0. The summed E-state index contributed by atoms with van der Waals surface area (Å²) in [6.07, 6.45) is 2.44. The molecule has 3 atom stereocenters. The highest BCUT2D eigenvalue weighted by atomic mass is 16.5. The average molecular weight is 465 g/mol. The predicted octanol–water partition coefficient (Wildman–Crippen LogP) is 4.26. The van der Waals surface area contributed by atoms with Crippen molar-refractivity contribution in [3.63, 3.8) is 0 Å². The Bertz CT molecular complexity index is 1020. The van der Waals surface area contributed by atoms with Crippen LogP contribution in [0, 0.1) is 11.8 Å². The van der Waals surface area contributed by atoms with Crippen LogP contribution in [0.15, 0.2) is 48.5 Å². The Balaban J connectivity index is 1.31. The molecular formula is C27H32N2O5. The summed E-state index contributed by atoms with van der Waals surface area (Å²) in [7, 11) is 1.64. The van der Waals surface area contributed by atoms with Crippen molar-refractivity contribution in [2.24, 2.45) is 11.8 Å². The maximum atomic E-state index is 12.8. The van der Waals surface area contributed by atoms with E-state index in [1.807, 2.05) is 24.3 Å². The van der Waals surface area contributed by atoms with E-state index in [2.05, 4.69) is 29.6 Å². The van der Waals surface area contributed by atoms with E-state index in [-0.39, 0.29) is 36.9 Å².